The number of aliphatic imine (C=N–C) groups is 1. The van der Waals surface area contributed by atoms with Crippen LogP contribution in [0.2, 0.25) is 0 Å². The van der Waals surface area contributed by atoms with E-state index in [0.717, 1.165) is 24.2 Å². The number of rotatable bonds is 7. The van der Waals surface area contributed by atoms with Crippen molar-refractivity contribution in [3.05, 3.63) is 47.0 Å². The lowest BCUT2D eigenvalue weighted by molar-refractivity contribution is 0.221. The van der Waals surface area contributed by atoms with Gasteiger partial charge < -0.3 is 15.2 Å². The maximum atomic E-state index is 4.91. The minimum absolute atomic E-state index is 0. The van der Waals surface area contributed by atoms with Crippen LogP contribution in [0.5, 0.6) is 0 Å². The summed E-state index contributed by atoms with van der Waals surface area (Å²) < 4.78 is 2.02. The molecule has 2 N–H and O–H groups in total. The van der Waals surface area contributed by atoms with E-state index in [0.29, 0.717) is 19.1 Å². The van der Waals surface area contributed by atoms with Gasteiger partial charge in [-0.1, -0.05) is 49.9 Å². The Morgan fingerprint density at radius 1 is 0.970 bits per heavy atom. The fraction of sp³-hybridized carbons (Fsp3) is 0.640. The smallest absolute Gasteiger partial charge is 0.192 e. The van der Waals surface area contributed by atoms with Crippen molar-refractivity contribution >= 4 is 29.9 Å². The molecule has 1 aliphatic heterocycles. The van der Waals surface area contributed by atoms with E-state index in [1.165, 1.54) is 75.6 Å². The normalized spacial score (nSPS) is 18.1. The number of hydrogen-bond acceptors (Lipinski definition) is 4. The molecule has 1 aliphatic carbocycles. The topological polar surface area (TPSA) is 70.4 Å². The second-order valence-electron chi connectivity index (χ2n) is 9.37. The van der Waals surface area contributed by atoms with Gasteiger partial charge >= 0.3 is 0 Å². The molecule has 7 nitrogen and oxygen atoms in total. The summed E-state index contributed by atoms with van der Waals surface area (Å²) in [6, 6.07) is 9.50. The van der Waals surface area contributed by atoms with E-state index in [9.17, 15) is 0 Å². The number of benzene rings is 1. The summed E-state index contributed by atoms with van der Waals surface area (Å²) >= 11 is 0. The molecule has 182 valence electrons. The highest BCUT2D eigenvalue weighted by Crippen LogP contribution is 2.17. The molecule has 33 heavy (non-hydrogen) atoms. The number of piperidine rings is 1. The van der Waals surface area contributed by atoms with E-state index >= 15 is 0 Å². The molecular formula is C25H40IN7. The number of aromatic nitrogens is 3. The highest BCUT2D eigenvalue weighted by Gasteiger charge is 2.15. The van der Waals surface area contributed by atoms with E-state index in [1.54, 1.807) is 0 Å². The first-order valence-electron chi connectivity index (χ1n) is 12.4. The van der Waals surface area contributed by atoms with E-state index < -0.39 is 0 Å². The number of nitrogens with one attached hydrogen (secondary N) is 2. The van der Waals surface area contributed by atoms with Crippen LogP contribution in [0.25, 0.3) is 0 Å². The third-order valence-corrected chi connectivity index (χ3v) is 6.84. The average molecular weight is 566 g/mol. The lowest BCUT2D eigenvalue weighted by Gasteiger charge is -2.26. The minimum Gasteiger partial charge on any atom is -0.354 e. The zero-order valence-corrected chi connectivity index (χ0v) is 22.6. The van der Waals surface area contributed by atoms with Crippen LogP contribution in [0.15, 0.2) is 29.3 Å². The molecule has 0 unspecified atom stereocenters. The second kappa shape index (κ2) is 13.3. The molecule has 1 saturated heterocycles. The molecule has 2 aliphatic rings. The summed E-state index contributed by atoms with van der Waals surface area (Å²) in [6.45, 7) is 6.80. The number of likely N-dealkylation sites (tertiary alicyclic amines) is 1. The molecule has 1 aromatic heterocycles. The summed E-state index contributed by atoms with van der Waals surface area (Å²) in [5.41, 5.74) is 2.64. The molecule has 0 bridgehead atoms. The summed E-state index contributed by atoms with van der Waals surface area (Å²) in [4.78, 5) is 7.48. The Labute approximate surface area is 215 Å². The minimum atomic E-state index is 0. The predicted octanol–water partition coefficient (Wildman–Crippen LogP) is 4.30. The van der Waals surface area contributed by atoms with Gasteiger partial charge in [0.05, 0.1) is 13.1 Å². The molecular weight excluding hydrogens is 525 g/mol. The van der Waals surface area contributed by atoms with E-state index in [4.69, 9.17) is 4.99 Å². The van der Waals surface area contributed by atoms with Crippen molar-refractivity contribution in [3.8, 4) is 0 Å². The fourth-order valence-corrected chi connectivity index (χ4v) is 4.66. The standard InChI is InChI=1S/C25H39N7.HI/c1-20-29-30-24(31(20)2)18-27-25(28-23-9-5-3-6-10-23)26-17-21-11-13-22(14-12-21)19-32-15-7-4-8-16-32;/h11-14,23H,3-10,15-19H2,1-2H3,(H2,26,27,28);1H. The summed E-state index contributed by atoms with van der Waals surface area (Å²) in [7, 11) is 2.00. The highest BCUT2D eigenvalue weighted by molar-refractivity contribution is 14.0. The fourth-order valence-electron chi connectivity index (χ4n) is 4.66. The molecule has 0 atom stereocenters. The van der Waals surface area contributed by atoms with Crippen molar-refractivity contribution in [1.29, 1.82) is 0 Å². The Hall–Kier alpha value is -1.68. The van der Waals surface area contributed by atoms with E-state index in [-0.39, 0.29) is 24.0 Å². The molecule has 2 aromatic rings. The van der Waals surface area contributed by atoms with E-state index in [1.807, 2.05) is 18.5 Å². The predicted molar refractivity (Wildman–Crippen MR) is 145 cm³/mol. The molecule has 4 rings (SSSR count). The van der Waals surface area contributed by atoms with Crippen LogP contribution in [-0.4, -0.2) is 44.8 Å². The van der Waals surface area contributed by atoms with Crippen molar-refractivity contribution in [2.24, 2.45) is 12.0 Å². The number of guanidine groups is 1. The first-order chi connectivity index (χ1) is 15.7. The van der Waals surface area contributed by atoms with Gasteiger partial charge in [-0.05, 0) is 56.8 Å². The quantitative estimate of drug-likeness (QED) is 0.298. The van der Waals surface area contributed by atoms with Crippen molar-refractivity contribution in [1.82, 2.24) is 30.3 Å². The average Bonchev–Trinajstić information content (AvgIpc) is 3.15. The number of nitrogens with zero attached hydrogens (tertiary/aromatic N) is 5. The third kappa shape index (κ3) is 7.95. The van der Waals surface area contributed by atoms with Gasteiger partial charge in [0.2, 0.25) is 0 Å². The van der Waals surface area contributed by atoms with Crippen molar-refractivity contribution in [2.45, 2.75) is 84.0 Å². The van der Waals surface area contributed by atoms with Gasteiger partial charge in [0.25, 0.3) is 0 Å². The van der Waals surface area contributed by atoms with Gasteiger partial charge in [-0.3, -0.25) is 4.90 Å². The van der Waals surface area contributed by atoms with Crippen LogP contribution in [0.3, 0.4) is 0 Å². The van der Waals surface area contributed by atoms with Gasteiger partial charge in [0, 0.05) is 19.6 Å². The van der Waals surface area contributed by atoms with Crippen LogP contribution < -0.4 is 10.6 Å². The maximum absolute atomic E-state index is 4.91. The van der Waals surface area contributed by atoms with E-state index in [2.05, 4.69) is 50.0 Å². The zero-order chi connectivity index (χ0) is 22.2. The van der Waals surface area contributed by atoms with Gasteiger partial charge in [0.15, 0.2) is 11.8 Å². The number of hydrogen-bond donors (Lipinski definition) is 2. The number of aryl methyl sites for hydroxylation is 1. The lowest BCUT2D eigenvalue weighted by Crippen LogP contribution is -2.44. The Kier molecular flexibility index (Phi) is 10.4. The van der Waals surface area contributed by atoms with Crippen LogP contribution in [0.4, 0.5) is 0 Å². The van der Waals surface area contributed by atoms with Crippen LogP contribution in [-0.2, 0) is 26.7 Å². The second-order valence-corrected chi connectivity index (χ2v) is 9.37. The number of halogens is 1. The Bertz CT molecular complexity index is 865. The highest BCUT2D eigenvalue weighted by atomic mass is 127. The van der Waals surface area contributed by atoms with Crippen LogP contribution >= 0.6 is 24.0 Å². The van der Waals surface area contributed by atoms with Crippen LogP contribution in [0.1, 0.15) is 74.1 Å². The summed E-state index contributed by atoms with van der Waals surface area (Å²) in [5.74, 6) is 2.71. The first kappa shape index (κ1) is 25.9. The zero-order valence-electron chi connectivity index (χ0n) is 20.2. The molecule has 1 saturated carbocycles. The first-order valence-corrected chi connectivity index (χ1v) is 12.4. The largest absolute Gasteiger partial charge is 0.354 e. The van der Waals surface area contributed by atoms with Gasteiger partial charge in [0.1, 0.15) is 5.82 Å². The Morgan fingerprint density at radius 3 is 2.30 bits per heavy atom. The summed E-state index contributed by atoms with van der Waals surface area (Å²) in [6.07, 6.45) is 10.4. The Morgan fingerprint density at radius 2 is 1.64 bits per heavy atom. The SMILES string of the molecule is Cc1nnc(CNC(=NCc2ccc(CN3CCCCC3)cc2)NC2CCCCC2)n1C.I. The molecule has 1 aromatic carbocycles. The van der Waals surface area contributed by atoms with Gasteiger partial charge in [-0.2, -0.15) is 0 Å². The van der Waals surface area contributed by atoms with Gasteiger partial charge in [-0.15, -0.1) is 34.2 Å². The van der Waals surface area contributed by atoms with Crippen molar-refractivity contribution in [2.75, 3.05) is 13.1 Å². The molecule has 0 amide bonds. The lowest BCUT2D eigenvalue weighted by atomic mass is 9.96. The summed E-state index contributed by atoms with van der Waals surface area (Å²) in [5, 5.41) is 15.6. The Balaban J connectivity index is 0.00000306. The maximum Gasteiger partial charge on any atom is 0.192 e. The van der Waals surface area contributed by atoms with Crippen molar-refractivity contribution in [3.63, 3.8) is 0 Å². The van der Waals surface area contributed by atoms with Crippen molar-refractivity contribution < 1.29 is 0 Å². The molecule has 8 heteroatoms. The molecule has 0 spiro atoms. The third-order valence-electron chi connectivity index (χ3n) is 6.84. The molecule has 2 heterocycles. The molecule has 2 fully saturated rings. The van der Waals surface area contributed by atoms with Crippen LogP contribution in [0, 0.1) is 6.92 Å². The molecule has 0 radical (unpaired) electrons. The van der Waals surface area contributed by atoms with Gasteiger partial charge in [-0.25, -0.2) is 4.99 Å². The monoisotopic (exact) mass is 565 g/mol.